The average Bonchev–Trinajstić information content (AvgIpc) is 2.78. The molecule has 0 amide bonds. The number of halogens is 1. The summed E-state index contributed by atoms with van der Waals surface area (Å²) >= 11 is 5.90. The maximum absolute atomic E-state index is 5.90. The molecule has 0 aliphatic carbocycles. The largest absolute Gasteiger partial charge is 0.382 e. The predicted molar refractivity (Wildman–Crippen MR) is 81.6 cm³/mol. The molecule has 0 fully saturated rings. The maximum Gasteiger partial charge on any atom is 0.111 e. The van der Waals surface area contributed by atoms with Crippen LogP contribution in [-0.2, 0) is 22.4 Å². The van der Waals surface area contributed by atoms with E-state index >= 15 is 0 Å². The van der Waals surface area contributed by atoms with E-state index in [0.29, 0.717) is 12.5 Å². The summed E-state index contributed by atoms with van der Waals surface area (Å²) < 4.78 is 12.9. The summed E-state index contributed by atoms with van der Waals surface area (Å²) in [5.74, 6) is 1.56. The van der Waals surface area contributed by atoms with E-state index in [-0.39, 0.29) is 6.10 Å². The van der Waals surface area contributed by atoms with Crippen LogP contribution < -0.4 is 0 Å². The summed E-state index contributed by atoms with van der Waals surface area (Å²) in [7, 11) is 3.39. The van der Waals surface area contributed by atoms with Crippen molar-refractivity contribution in [2.45, 2.75) is 26.0 Å². The van der Waals surface area contributed by atoms with Crippen molar-refractivity contribution in [3.63, 3.8) is 0 Å². The van der Waals surface area contributed by atoms with Crippen molar-refractivity contribution >= 4 is 22.6 Å². The zero-order valence-corrected chi connectivity index (χ0v) is 13.0. The van der Waals surface area contributed by atoms with Crippen LogP contribution in [0.2, 0.25) is 0 Å². The Morgan fingerprint density at radius 3 is 2.80 bits per heavy atom. The van der Waals surface area contributed by atoms with Gasteiger partial charge in [-0.1, -0.05) is 12.1 Å². The molecule has 2 rings (SSSR count). The molecule has 0 radical (unpaired) electrons. The first-order chi connectivity index (χ1) is 9.71. The lowest BCUT2D eigenvalue weighted by Gasteiger charge is -2.18. The molecule has 0 spiro atoms. The molecule has 1 heterocycles. The Balaban J connectivity index is 2.44. The smallest absolute Gasteiger partial charge is 0.111 e. The van der Waals surface area contributed by atoms with E-state index in [2.05, 4.69) is 17.6 Å². The second-order valence-corrected chi connectivity index (χ2v) is 5.21. The normalized spacial score (nSPS) is 13.0. The van der Waals surface area contributed by atoms with Gasteiger partial charge in [0.2, 0.25) is 0 Å². The molecule has 2 aromatic rings. The standard InChI is InChI=1S/C15H21ClN2O2/c1-11-5-4-6-13-15(11)18(14(17-13)7-8-16)9-12(20-3)10-19-2/h4-6,12H,7-10H2,1-3H3. The van der Waals surface area contributed by atoms with Gasteiger partial charge < -0.3 is 14.0 Å². The number of methoxy groups -OCH3 is 2. The van der Waals surface area contributed by atoms with Crippen LogP contribution in [0.3, 0.4) is 0 Å². The van der Waals surface area contributed by atoms with Gasteiger partial charge in [0.05, 0.1) is 30.3 Å². The summed E-state index contributed by atoms with van der Waals surface area (Å²) in [6, 6.07) is 6.17. The van der Waals surface area contributed by atoms with Gasteiger partial charge in [0.25, 0.3) is 0 Å². The number of ether oxygens (including phenoxy) is 2. The second kappa shape index (κ2) is 7.07. The number of rotatable bonds is 7. The molecule has 1 aromatic heterocycles. The Hall–Kier alpha value is -1.10. The van der Waals surface area contributed by atoms with Gasteiger partial charge in [-0.3, -0.25) is 0 Å². The highest BCUT2D eigenvalue weighted by atomic mass is 35.5. The molecule has 0 saturated carbocycles. The number of fused-ring (bicyclic) bond motifs is 1. The van der Waals surface area contributed by atoms with Crippen LogP contribution in [0.15, 0.2) is 18.2 Å². The minimum Gasteiger partial charge on any atom is -0.382 e. The minimum atomic E-state index is 0.00563. The van der Waals surface area contributed by atoms with E-state index in [1.54, 1.807) is 14.2 Å². The molecule has 0 bridgehead atoms. The van der Waals surface area contributed by atoms with Gasteiger partial charge in [0.15, 0.2) is 0 Å². The molecule has 110 valence electrons. The van der Waals surface area contributed by atoms with Crippen molar-refractivity contribution in [1.82, 2.24) is 9.55 Å². The SMILES string of the molecule is COCC(Cn1c(CCCl)nc2cccc(C)c21)OC. The van der Waals surface area contributed by atoms with Gasteiger partial charge >= 0.3 is 0 Å². The fourth-order valence-corrected chi connectivity index (χ4v) is 2.64. The highest BCUT2D eigenvalue weighted by Gasteiger charge is 2.16. The summed E-state index contributed by atoms with van der Waals surface area (Å²) in [5.41, 5.74) is 3.38. The van der Waals surface area contributed by atoms with Crippen LogP contribution in [0.25, 0.3) is 11.0 Å². The third-order valence-corrected chi connectivity index (χ3v) is 3.63. The number of imidazole rings is 1. The molecule has 0 saturated heterocycles. The maximum atomic E-state index is 5.90. The molecule has 0 aliphatic rings. The van der Waals surface area contributed by atoms with E-state index in [0.717, 1.165) is 29.8 Å². The second-order valence-electron chi connectivity index (χ2n) is 4.83. The Morgan fingerprint density at radius 1 is 1.35 bits per heavy atom. The number of aryl methyl sites for hydroxylation is 2. The first-order valence-corrected chi connectivity index (χ1v) is 7.27. The Labute approximate surface area is 124 Å². The minimum absolute atomic E-state index is 0.00563. The molecule has 4 nitrogen and oxygen atoms in total. The van der Waals surface area contributed by atoms with Crippen LogP contribution in [0, 0.1) is 6.92 Å². The van der Waals surface area contributed by atoms with E-state index < -0.39 is 0 Å². The van der Waals surface area contributed by atoms with Crippen LogP contribution in [0.4, 0.5) is 0 Å². The van der Waals surface area contributed by atoms with Crippen molar-refractivity contribution in [2.24, 2.45) is 0 Å². The summed E-state index contributed by atoms with van der Waals surface area (Å²) in [6.45, 7) is 3.38. The fraction of sp³-hybridized carbons (Fsp3) is 0.533. The molecule has 0 N–H and O–H groups in total. The first kappa shape index (κ1) is 15.3. The highest BCUT2D eigenvalue weighted by molar-refractivity contribution is 6.17. The molecule has 1 aromatic carbocycles. The monoisotopic (exact) mass is 296 g/mol. The van der Waals surface area contributed by atoms with Crippen molar-refractivity contribution < 1.29 is 9.47 Å². The van der Waals surface area contributed by atoms with E-state index in [9.17, 15) is 0 Å². The van der Waals surface area contributed by atoms with Crippen LogP contribution >= 0.6 is 11.6 Å². The third kappa shape index (κ3) is 3.14. The van der Waals surface area contributed by atoms with Crippen LogP contribution in [0.1, 0.15) is 11.4 Å². The third-order valence-electron chi connectivity index (χ3n) is 3.44. The molecule has 5 heteroatoms. The number of hydrogen-bond acceptors (Lipinski definition) is 3. The van der Waals surface area contributed by atoms with Gasteiger partial charge in [-0.05, 0) is 18.6 Å². The van der Waals surface area contributed by atoms with Crippen molar-refractivity contribution in [3.05, 3.63) is 29.6 Å². The lowest BCUT2D eigenvalue weighted by molar-refractivity contribution is 0.0186. The fourth-order valence-electron chi connectivity index (χ4n) is 2.47. The lowest BCUT2D eigenvalue weighted by Crippen LogP contribution is -2.25. The quantitative estimate of drug-likeness (QED) is 0.737. The number of benzene rings is 1. The molecular formula is C15H21ClN2O2. The van der Waals surface area contributed by atoms with Crippen LogP contribution in [-0.4, -0.2) is 42.4 Å². The molecule has 1 unspecified atom stereocenters. The zero-order valence-electron chi connectivity index (χ0n) is 12.2. The number of alkyl halides is 1. The Morgan fingerprint density at radius 2 is 2.15 bits per heavy atom. The van der Waals surface area contributed by atoms with E-state index in [4.69, 9.17) is 26.1 Å². The number of para-hydroxylation sites is 1. The Kier molecular flexibility index (Phi) is 5.40. The van der Waals surface area contributed by atoms with E-state index in [1.165, 1.54) is 5.56 Å². The molecule has 0 aliphatic heterocycles. The highest BCUT2D eigenvalue weighted by Crippen LogP contribution is 2.21. The van der Waals surface area contributed by atoms with Crippen molar-refractivity contribution in [3.8, 4) is 0 Å². The van der Waals surface area contributed by atoms with Gasteiger partial charge in [-0.25, -0.2) is 4.98 Å². The van der Waals surface area contributed by atoms with Gasteiger partial charge in [-0.2, -0.15) is 0 Å². The summed E-state index contributed by atoms with van der Waals surface area (Å²) in [5, 5.41) is 0. The van der Waals surface area contributed by atoms with Gasteiger partial charge in [0, 0.05) is 26.5 Å². The van der Waals surface area contributed by atoms with Crippen molar-refractivity contribution in [2.75, 3.05) is 26.7 Å². The lowest BCUT2D eigenvalue weighted by atomic mass is 10.2. The zero-order chi connectivity index (χ0) is 14.5. The van der Waals surface area contributed by atoms with Crippen molar-refractivity contribution in [1.29, 1.82) is 0 Å². The number of aromatic nitrogens is 2. The number of hydrogen-bond donors (Lipinski definition) is 0. The van der Waals surface area contributed by atoms with Gasteiger partial charge in [-0.15, -0.1) is 11.6 Å². The average molecular weight is 297 g/mol. The molecular weight excluding hydrogens is 276 g/mol. The van der Waals surface area contributed by atoms with E-state index in [1.807, 2.05) is 12.1 Å². The van der Waals surface area contributed by atoms with Crippen LogP contribution in [0.5, 0.6) is 0 Å². The summed E-state index contributed by atoms with van der Waals surface area (Å²) in [6.07, 6.45) is 0.755. The first-order valence-electron chi connectivity index (χ1n) is 6.73. The Bertz CT molecular complexity index is 568. The topological polar surface area (TPSA) is 36.3 Å². The number of nitrogens with zero attached hydrogens (tertiary/aromatic N) is 2. The predicted octanol–water partition coefficient (Wildman–Crippen LogP) is 2.79. The molecule has 1 atom stereocenters. The summed E-state index contributed by atoms with van der Waals surface area (Å²) in [4.78, 5) is 4.69. The van der Waals surface area contributed by atoms with Gasteiger partial charge in [0.1, 0.15) is 5.82 Å². The molecule has 20 heavy (non-hydrogen) atoms.